The monoisotopic (exact) mass is 376 g/mol. The van der Waals surface area contributed by atoms with Gasteiger partial charge in [-0.15, -0.1) is 0 Å². The minimum absolute atomic E-state index is 0.0499. The van der Waals surface area contributed by atoms with Crippen molar-refractivity contribution < 1.29 is 17.9 Å². The van der Waals surface area contributed by atoms with Crippen LogP contribution in [0.3, 0.4) is 0 Å². The van der Waals surface area contributed by atoms with Gasteiger partial charge in [0.25, 0.3) is 5.91 Å². The van der Waals surface area contributed by atoms with E-state index >= 15 is 0 Å². The number of nitrogens with zero attached hydrogens (tertiary/aromatic N) is 1. The zero-order valence-electron chi connectivity index (χ0n) is 15.2. The van der Waals surface area contributed by atoms with Crippen molar-refractivity contribution >= 4 is 21.6 Å². The van der Waals surface area contributed by atoms with E-state index in [0.717, 1.165) is 0 Å². The Hall–Kier alpha value is -2.38. The second-order valence-electron chi connectivity index (χ2n) is 5.50. The summed E-state index contributed by atoms with van der Waals surface area (Å²) < 4.78 is 32.7. The Morgan fingerprint density at radius 2 is 1.69 bits per heavy atom. The molecule has 0 aliphatic carbocycles. The van der Waals surface area contributed by atoms with Crippen molar-refractivity contribution in [1.29, 1.82) is 0 Å². The molecule has 26 heavy (non-hydrogen) atoms. The highest BCUT2D eigenvalue weighted by Crippen LogP contribution is 2.30. The molecule has 0 atom stereocenters. The molecule has 1 N–H and O–H groups in total. The first-order valence-electron chi connectivity index (χ1n) is 8.57. The molecule has 0 saturated heterocycles. The number of anilines is 1. The normalized spacial score (nSPS) is 11.4. The zero-order chi connectivity index (χ0) is 19.2. The highest BCUT2D eigenvalue weighted by Gasteiger charge is 2.26. The third-order valence-electron chi connectivity index (χ3n) is 3.86. The van der Waals surface area contributed by atoms with Crippen LogP contribution in [0.15, 0.2) is 53.4 Å². The van der Waals surface area contributed by atoms with Crippen LogP contribution >= 0.6 is 0 Å². The molecule has 0 aliphatic rings. The summed E-state index contributed by atoms with van der Waals surface area (Å²) in [7, 11) is -3.72. The first-order chi connectivity index (χ1) is 12.4. The van der Waals surface area contributed by atoms with Crippen LogP contribution in [0.25, 0.3) is 0 Å². The minimum atomic E-state index is -3.72. The van der Waals surface area contributed by atoms with Crippen molar-refractivity contribution in [3.8, 4) is 5.75 Å². The second-order valence-corrected chi connectivity index (χ2v) is 7.41. The molecular weight excluding hydrogens is 352 g/mol. The van der Waals surface area contributed by atoms with E-state index in [4.69, 9.17) is 4.74 Å². The molecule has 0 bridgehead atoms. The number of ether oxygens (including phenoxy) is 1. The summed E-state index contributed by atoms with van der Waals surface area (Å²) in [5.41, 5.74) is 0.891. The lowest BCUT2D eigenvalue weighted by atomic mass is 10.2. The Morgan fingerprint density at radius 3 is 2.27 bits per heavy atom. The summed E-state index contributed by atoms with van der Waals surface area (Å²) >= 11 is 0. The van der Waals surface area contributed by atoms with Crippen LogP contribution in [0.5, 0.6) is 5.75 Å². The van der Waals surface area contributed by atoms with Gasteiger partial charge in [-0.05, 0) is 37.3 Å². The molecule has 0 saturated carbocycles. The Balaban J connectivity index is 2.41. The fourth-order valence-electron chi connectivity index (χ4n) is 2.56. The fourth-order valence-corrected chi connectivity index (χ4v) is 4.17. The van der Waals surface area contributed by atoms with E-state index in [0.29, 0.717) is 30.9 Å². The number of nitrogens with one attached hydrogen (secondary N) is 1. The van der Waals surface area contributed by atoms with Gasteiger partial charge in [0.15, 0.2) is 0 Å². The summed E-state index contributed by atoms with van der Waals surface area (Å²) in [6.45, 7) is 6.40. The van der Waals surface area contributed by atoms with E-state index in [1.54, 1.807) is 57.2 Å². The highest BCUT2D eigenvalue weighted by atomic mass is 32.2. The predicted molar refractivity (Wildman–Crippen MR) is 102 cm³/mol. The number of sulfonamides is 1. The van der Waals surface area contributed by atoms with Crippen molar-refractivity contribution in [1.82, 2.24) is 4.31 Å². The highest BCUT2D eigenvalue weighted by molar-refractivity contribution is 7.89. The molecule has 0 spiro atoms. The lowest BCUT2D eigenvalue weighted by molar-refractivity contribution is 0.102. The molecule has 0 aromatic heterocycles. The Labute approximate surface area is 154 Å². The van der Waals surface area contributed by atoms with Gasteiger partial charge in [0.2, 0.25) is 10.0 Å². The standard InChI is InChI=1S/C19H24N2O4S/c1-4-21(5-2)26(23,24)18-14-16(12-13-17(18)25-6-3)20-19(22)15-10-8-7-9-11-15/h7-14H,4-6H2,1-3H3,(H,20,22). The Morgan fingerprint density at radius 1 is 1.04 bits per heavy atom. The van der Waals surface area contributed by atoms with Crippen molar-refractivity contribution in [3.05, 3.63) is 54.1 Å². The van der Waals surface area contributed by atoms with Crippen LogP contribution in [-0.2, 0) is 10.0 Å². The summed E-state index contributed by atoms with van der Waals surface area (Å²) in [6, 6.07) is 13.4. The number of hydrogen-bond acceptors (Lipinski definition) is 4. The Kier molecular flexibility index (Phi) is 6.76. The third kappa shape index (κ3) is 4.42. The number of benzene rings is 2. The van der Waals surface area contributed by atoms with Crippen molar-refractivity contribution in [2.75, 3.05) is 25.0 Å². The van der Waals surface area contributed by atoms with Crippen LogP contribution in [-0.4, -0.2) is 38.3 Å². The number of hydrogen-bond donors (Lipinski definition) is 1. The van der Waals surface area contributed by atoms with E-state index in [9.17, 15) is 13.2 Å². The molecule has 0 aliphatic heterocycles. The lowest BCUT2D eigenvalue weighted by Crippen LogP contribution is -2.31. The van der Waals surface area contributed by atoms with Crippen molar-refractivity contribution in [3.63, 3.8) is 0 Å². The maximum atomic E-state index is 12.9. The maximum absolute atomic E-state index is 12.9. The number of amides is 1. The largest absolute Gasteiger partial charge is 0.492 e. The van der Waals surface area contributed by atoms with Crippen molar-refractivity contribution in [2.24, 2.45) is 0 Å². The number of rotatable bonds is 8. The van der Waals surface area contributed by atoms with Crippen molar-refractivity contribution in [2.45, 2.75) is 25.7 Å². The predicted octanol–water partition coefficient (Wildman–Crippen LogP) is 3.37. The summed E-state index contributed by atoms with van der Waals surface area (Å²) in [5, 5.41) is 2.74. The van der Waals surface area contributed by atoms with E-state index in [-0.39, 0.29) is 16.6 Å². The van der Waals surface area contributed by atoms with Crippen LogP contribution < -0.4 is 10.1 Å². The van der Waals surface area contributed by atoms with Gasteiger partial charge in [0.05, 0.1) is 6.61 Å². The van der Waals surface area contributed by atoms with Gasteiger partial charge in [-0.2, -0.15) is 4.31 Å². The molecule has 2 aromatic carbocycles. The smallest absolute Gasteiger partial charge is 0.255 e. The molecule has 0 heterocycles. The molecule has 0 fully saturated rings. The van der Waals surface area contributed by atoms with Gasteiger partial charge in [0.1, 0.15) is 10.6 Å². The van der Waals surface area contributed by atoms with Gasteiger partial charge >= 0.3 is 0 Å². The SMILES string of the molecule is CCOc1ccc(NC(=O)c2ccccc2)cc1S(=O)(=O)N(CC)CC. The summed E-state index contributed by atoms with van der Waals surface area (Å²) in [6.07, 6.45) is 0. The molecular formula is C19H24N2O4S. The second kappa shape index (κ2) is 8.82. The van der Waals surface area contributed by atoms with Crippen LogP contribution in [0.2, 0.25) is 0 Å². The van der Waals surface area contributed by atoms with Gasteiger partial charge in [-0.1, -0.05) is 32.0 Å². The van der Waals surface area contributed by atoms with E-state index in [1.165, 1.54) is 10.4 Å². The maximum Gasteiger partial charge on any atom is 0.255 e. The van der Waals surface area contributed by atoms with Crippen LogP contribution in [0, 0.1) is 0 Å². The lowest BCUT2D eigenvalue weighted by Gasteiger charge is -2.21. The molecule has 7 heteroatoms. The number of carbonyl (C=O) groups is 1. The number of carbonyl (C=O) groups excluding carboxylic acids is 1. The first kappa shape index (κ1) is 19.9. The van der Waals surface area contributed by atoms with Gasteiger partial charge in [-0.25, -0.2) is 8.42 Å². The zero-order valence-corrected chi connectivity index (χ0v) is 16.0. The van der Waals surface area contributed by atoms with Gasteiger partial charge in [0, 0.05) is 24.3 Å². The topological polar surface area (TPSA) is 75.7 Å². The average molecular weight is 376 g/mol. The summed E-state index contributed by atoms with van der Waals surface area (Å²) in [5.74, 6) is -0.0296. The molecule has 140 valence electrons. The first-order valence-corrected chi connectivity index (χ1v) is 10.0. The average Bonchev–Trinajstić information content (AvgIpc) is 2.64. The Bertz CT molecular complexity index is 847. The third-order valence-corrected chi connectivity index (χ3v) is 5.93. The summed E-state index contributed by atoms with van der Waals surface area (Å²) in [4.78, 5) is 12.4. The molecule has 2 rings (SSSR count). The van der Waals surface area contributed by atoms with E-state index in [2.05, 4.69) is 5.32 Å². The van der Waals surface area contributed by atoms with Crippen LogP contribution in [0.4, 0.5) is 5.69 Å². The minimum Gasteiger partial charge on any atom is -0.492 e. The van der Waals surface area contributed by atoms with Gasteiger partial charge < -0.3 is 10.1 Å². The van der Waals surface area contributed by atoms with Gasteiger partial charge in [-0.3, -0.25) is 4.79 Å². The molecule has 6 nitrogen and oxygen atoms in total. The van der Waals surface area contributed by atoms with Crippen LogP contribution in [0.1, 0.15) is 31.1 Å². The molecule has 2 aromatic rings. The molecule has 0 radical (unpaired) electrons. The van der Waals surface area contributed by atoms with E-state index < -0.39 is 10.0 Å². The molecule has 0 unspecified atom stereocenters. The quantitative estimate of drug-likeness (QED) is 0.766. The molecule has 1 amide bonds. The fraction of sp³-hybridized carbons (Fsp3) is 0.316. The van der Waals surface area contributed by atoms with E-state index in [1.807, 2.05) is 6.07 Å².